The number of rotatable bonds is 2. The topological polar surface area (TPSA) is 66.5 Å². The molecule has 0 aromatic carbocycles. The zero-order valence-corrected chi connectivity index (χ0v) is 9.56. The summed E-state index contributed by atoms with van der Waals surface area (Å²) in [4.78, 5) is 15.8. The lowest BCUT2D eigenvalue weighted by Gasteiger charge is -2.21. The summed E-state index contributed by atoms with van der Waals surface area (Å²) in [6.45, 7) is 1.08. The van der Waals surface area contributed by atoms with E-state index in [1.807, 2.05) is 6.20 Å². The van der Waals surface area contributed by atoms with Crippen molar-refractivity contribution in [3.63, 3.8) is 0 Å². The third-order valence-electron chi connectivity index (χ3n) is 3.11. The molecule has 1 unspecified atom stereocenters. The molecule has 1 atom stereocenters. The van der Waals surface area contributed by atoms with Crippen molar-refractivity contribution < 1.29 is 0 Å². The van der Waals surface area contributed by atoms with E-state index in [0.29, 0.717) is 6.04 Å². The van der Waals surface area contributed by atoms with Gasteiger partial charge >= 0.3 is 0 Å². The molecule has 0 bridgehead atoms. The molecular weight excluding hydrogens is 214 g/mol. The second kappa shape index (κ2) is 4.63. The minimum absolute atomic E-state index is 0.363. The Morgan fingerprint density at radius 1 is 1.12 bits per heavy atom. The first-order chi connectivity index (χ1) is 8.43. The molecule has 5 heteroatoms. The Morgan fingerprint density at radius 3 is 2.76 bits per heavy atom. The second-order valence-electron chi connectivity index (χ2n) is 4.31. The average Bonchev–Trinajstić information content (AvgIpc) is 2.90. The van der Waals surface area contributed by atoms with E-state index in [2.05, 4.69) is 25.3 Å². The molecule has 5 nitrogen and oxygen atoms in total. The van der Waals surface area contributed by atoms with Gasteiger partial charge in [0, 0.05) is 18.0 Å². The Labute approximate surface area is 99.7 Å². The Balaban J connectivity index is 1.83. The largest absolute Gasteiger partial charge is 0.341 e. The van der Waals surface area contributed by atoms with Crippen LogP contribution in [0.25, 0.3) is 11.3 Å². The van der Waals surface area contributed by atoms with Gasteiger partial charge in [-0.1, -0.05) is 6.42 Å². The van der Waals surface area contributed by atoms with Gasteiger partial charge in [0.25, 0.3) is 0 Å². The van der Waals surface area contributed by atoms with Crippen LogP contribution in [0.1, 0.15) is 31.1 Å². The molecule has 3 rings (SSSR count). The molecule has 2 N–H and O–H groups in total. The molecule has 3 heterocycles. The predicted molar refractivity (Wildman–Crippen MR) is 64.2 cm³/mol. The summed E-state index contributed by atoms with van der Waals surface area (Å²) in [5, 5.41) is 3.48. The van der Waals surface area contributed by atoms with Gasteiger partial charge in [-0.25, -0.2) is 15.0 Å². The minimum Gasteiger partial charge on any atom is -0.341 e. The zero-order valence-electron chi connectivity index (χ0n) is 9.56. The zero-order chi connectivity index (χ0) is 11.5. The smallest absolute Gasteiger partial charge is 0.123 e. The second-order valence-corrected chi connectivity index (χ2v) is 4.31. The number of imidazole rings is 1. The van der Waals surface area contributed by atoms with Crippen molar-refractivity contribution in [2.75, 3.05) is 6.54 Å². The summed E-state index contributed by atoms with van der Waals surface area (Å²) in [6, 6.07) is 0.363. The molecule has 2 aromatic rings. The van der Waals surface area contributed by atoms with Gasteiger partial charge in [0.15, 0.2) is 0 Å². The first kappa shape index (κ1) is 10.4. The maximum Gasteiger partial charge on any atom is 0.123 e. The average molecular weight is 229 g/mol. The van der Waals surface area contributed by atoms with Crippen molar-refractivity contribution in [3.05, 3.63) is 30.7 Å². The van der Waals surface area contributed by atoms with Crippen LogP contribution in [0.5, 0.6) is 0 Å². The SMILES string of the molecule is c1ncc(-c2cnc(C3CCCCN3)[nH]2)cn1. The number of aromatic amines is 1. The first-order valence-corrected chi connectivity index (χ1v) is 5.97. The predicted octanol–water partition coefficient (Wildman–Crippen LogP) is 1.68. The van der Waals surface area contributed by atoms with Crippen LogP contribution in [-0.4, -0.2) is 26.5 Å². The van der Waals surface area contributed by atoms with E-state index >= 15 is 0 Å². The lowest BCUT2D eigenvalue weighted by molar-refractivity contribution is 0.399. The van der Waals surface area contributed by atoms with Crippen molar-refractivity contribution in [2.45, 2.75) is 25.3 Å². The van der Waals surface area contributed by atoms with Crippen molar-refractivity contribution in [2.24, 2.45) is 0 Å². The normalized spacial score (nSPS) is 20.4. The van der Waals surface area contributed by atoms with Gasteiger partial charge in [-0.3, -0.25) is 0 Å². The minimum atomic E-state index is 0.363. The van der Waals surface area contributed by atoms with Crippen LogP contribution in [0.2, 0.25) is 0 Å². The van der Waals surface area contributed by atoms with Crippen LogP contribution in [0.4, 0.5) is 0 Å². The van der Waals surface area contributed by atoms with Gasteiger partial charge in [-0.15, -0.1) is 0 Å². The fourth-order valence-electron chi connectivity index (χ4n) is 2.18. The molecule has 0 saturated carbocycles. The van der Waals surface area contributed by atoms with E-state index in [4.69, 9.17) is 0 Å². The fraction of sp³-hybridized carbons (Fsp3) is 0.417. The third kappa shape index (κ3) is 2.19. The van der Waals surface area contributed by atoms with E-state index in [-0.39, 0.29) is 0 Å². The van der Waals surface area contributed by atoms with Crippen LogP contribution < -0.4 is 5.32 Å². The van der Waals surface area contributed by atoms with Crippen LogP contribution >= 0.6 is 0 Å². The Morgan fingerprint density at radius 2 is 2.00 bits per heavy atom. The van der Waals surface area contributed by atoms with Gasteiger partial charge in [0.2, 0.25) is 0 Å². The fourth-order valence-corrected chi connectivity index (χ4v) is 2.18. The van der Waals surface area contributed by atoms with E-state index in [0.717, 1.165) is 30.0 Å². The van der Waals surface area contributed by atoms with Crippen molar-refractivity contribution in [1.82, 2.24) is 25.3 Å². The van der Waals surface area contributed by atoms with Crippen molar-refractivity contribution in [1.29, 1.82) is 0 Å². The van der Waals surface area contributed by atoms with E-state index in [9.17, 15) is 0 Å². The summed E-state index contributed by atoms with van der Waals surface area (Å²) in [6.07, 6.45) is 10.6. The summed E-state index contributed by atoms with van der Waals surface area (Å²) in [5.41, 5.74) is 1.95. The standard InChI is InChI=1S/C12H15N5/c1-2-4-15-10(3-1)12-16-7-11(17-12)9-5-13-8-14-6-9/h5-8,10,15H,1-4H2,(H,16,17). The number of hydrogen-bond donors (Lipinski definition) is 2. The highest BCUT2D eigenvalue weighted by atomic mass is 15.0. The molecule has 0 radical (unpaired) electrons. The molecule has 0 amide bonds. The molecule has 0 spiro atoms. The molecule has 1 saturated heterocycles. The van der Waals surface area contributed by atoms with Gasteiger partial charge in [0.1, 0.15) is 12.2 Å². The number of piperidine rings is 1. The lowest BCUT2D eigenvalue weighted by Crippen LogP contribution is -2.27. The van der Waals surface area contributed by atoms with Gasteiger partial charge < -0.3 is 10.3 Å². The highest BCUT2D eigenvalue weighted by Crippen LogP contribution is 2.23. The van der Waals surface area contributed by atoms with Crippen molar-refractivity contribution >= 4 is 0 Å². The highest BCUT2D eigenvalue weighted by Gasteiger charge is 2.17. The molecule has 1 aliphatic rings. The van der Waals surface area contributed by atoms with E-state index in [1.54, 1.807) is 12.4 Å². The number of nitrogens with zero attached hydrogens (tertiary/aromatic N) is 3. The molecular formula is C12H15N5. The number of H-pyrrole nitrogens is 1. The number of nitrogens with one attached hydrogen (secondary N) is 2. The van der Waals surface area contributed by atoms with E-state index < -0.39 is 0 Å². The third-order valence-corrected chi connectivity index (χ3v) is 3.11. The monoisotopic (exact) mass is 229 g/mol. The van der Waals surface area contributed by atoms with Crippen LogP contribution in [-0.2, 0) is 0 Å². The van der Waals surface area contributed by atoms with Gasteiger partial charge in [-0.05, 0) is 19.4 Å². The Bertz CT molecular complexity index is 473. The summed E-state index contributed by atoms with van der Waals surface area (Å²) in [7, 11) is 0. The maximum atomic E-state index is 4.44. The summed E-state index contributed by atoms with van der Waals surface area (Å²) >= 11 is 0. The quantitative estimate of drug-likeness (QED) is 0.822. The molecule has 0 aliphatic carbocycles. The van der Waals surface area contributed by atoms with Crippen LogP contribution in [0.3, 0.4) is 0 Å². The highest BCUT2D eigenvalue weighted by molar-refractivity contribution is 5.55. The van der Waals surface area contributed by atoms with Crippen LogP contribution in [0, 0.1) is 0 Å². The first-order valence-electron chi connectivity index (χ1n) is 5.97. The molecule has 1 fully saturated rings. The lowest BCUT2D eigenvalue weighted by atomic mass is 10.0. The molecule has 88 valence electrons. The van der Waals surface area contributed by atoms with Crippen LogP contribution in [0.15, 0.2) is 24.9 Å². The summed E-state index contributed by atoms with van der Waals surface area (Å²) < 4.78 is 0. The van der Waals surface area contributed by atoms with E-state index in [1.165, 1.54) is 19.2 Å². The summed E-state index contributed by atoms with van der Waals surface area (Å²) in [5.74, 6) is 1.02. The van der Waals surface area contributed by atoms with Gasteiger partial charge in [-0.2, -0.15) is 0 Å². The number of hydrogen-bond acceptors (Lipinski definition) is 4. The van der Waals surface area contributed by atoms with Gasteiger partial charge in [0.05, 0.1) is 17.9 Å². The number of aromatic nitrogens is 4. The van der Waals surface area contributed by atoms with Crippen molar-refractivity contribution in [3.8, 4) is 11.3 Å². The maximum absolute atomic E-state index is 4.44. The molecule has 17 heavy (non-hydrogen) atoms. The Hall–Kier alpha value is -1.75. The molecule has 1 aliphatic heterocycles. The Kier molecular flexibility index (Phi) is 2.83. The molecule has 2 aromatic heterocycles.